The normalized spacial score (nSPS) is 14.2. The number of carbonyl (C=O) groups excluding carboxylic acids is 1. The van der Waals surface area contributed by atoms with Gasteiger partial charge in [-0.1, -0.05) is 19.6 Å². The summed E-state index contributed by atoms with van der Waals surface area (Å²) in [6, 6.07) is 1.13. The third-order valence-electron chi connectivity index (χ3n) is 1.60. The molecule has 0 radical (unpaired) electrons. The zero-order valence-electron chi connectivity index (χ0n) is 9.00. The van der Waals surface area contributed by atoms with Crippen LogP contribution < -0.4 is 0 Å². The Kier molecular flexibility index (Phi) is 6.20. The lowest BCUT2D eigenvalue weighted by Gasteiger charge is -2.15. The lowest BCUT2D eigenvalue weighted by Crippen LogP contribution is -2.22. The molecule has 0 saturated heterocycles. The Balaban J connectivity index is 3.22. The van der Waals surface area contributed by atoms with E-state index in [-0.39, 0.29) is 12.9 Å². The fourth-order valence-electron chi connectivity index (χ4n) is 0.632. The molecule has 0 heterocycles. The molecular formula is C9H20O3Si. The molecule has 0 rings (SSSR count). The standard InChI is InChI=1S/C9H20O3Si/c1-9(7-10)12-8-11-5-6-13(2,3)4/h7,9H,5-6,8H2,1-4H3/t9-/m0/s1. The molecule has 4 heteroatoms. The van der Waals surface area contributed by atoms with Gasteiger partial charge < -0.3 is 14.3 Å². The van der Waals surface area contributed by atoms with Crippen molar-refractivity contribution in [3.8, 4) is 0 Å². The van der Waals surface area contributed by atoms with E-state index < -0.39 is 8.07 Å². The maximum atomic E-state index is 10.2. The van der Waals surface area contributed by atoms with Gasteiger partial charge in [0.05, 0.1) is 0 Å². The third-order valence-corrected chi connectivity index (χ3v) is 3.31. The summed E-state index contributed by atoms with van der Waals surface area (Å²) in [4.78, 5) is 10.2. The number of ether oxygens (including phenoxy) is 2. The smallest absolute Gasteiger partial charge is 0.148 e. The van der Waals surface area contributed by atoms with Gasteiger partial charge in [-0.2, -0.15) is 0 Å². The van der Waals surface area contributed by atoms with Crippen molar-refractivity contribution >= 4 is 14.4 Å². The van der Waals surface area contributed by atoms with Gasteiger partial charge in [-0.25, -0.2) is 0 Å². The highest BCUT2D eigenvalue weighted by molar-refractivity contribution is 6.76. The Morgan fingerprint density at radius 1 is 1.38 bits per heavy atom. The van der Waals surface area contributed by atoms with E-state index in [1.807, 2.05) is 0 Å². The minimum Gasteiger partial charge on any atom is -0.356 e. The summed E-state index contributed by atoms with van der Waals surface area (Å²) in [5.74, 6) is 0. The molecule has 78 valence electrons. The van der Waals surface area contributed by atoms with E-state index in [2.05, 4.69) is 19.6 Å². The minimum atomic E-state index is -0.993. The van der Waals surface area contributed by atoms with Crippen molar-refractivity contribution in [3.05, 3.63) is 0 Å². The first-order valence-electron chi connectivity index (χ1n) is 4.60. The number of hydrogen-bond donors (Lipinski definition) is 0. The molecule has 3 nitrogen and oxygen atoms in total. The number of rotatable bonds is 7. The zero-order chi connectivity index (χ0) is 10.3. The minimum absolute atomic E-state index is 0.227. The fraction of sp³-hybridized carbons (Fsp3) is 0.889. The fourth-order valence-corrected chi connectivity index (χ4v) is 1.39. The van der Waals surface area contributed by atoms with Crippen LogP contribution >= 0.6 is 0 Å². The zero-order valence-corrected chi connectivity index (χ0v) is 10.0. The molecule has 0 fully saturated rings. The SMILES string of the molecule is C[C@@H](C=O)OCOCC[Si](C)(C)C. The quantitative estimate of drug-likeness (QED) is 0.275. The van der Waals surface area contributed by atoms with E-state index in [0.717, 1.165) is 18.9 Å². The van der Waals surface area contributed by atoms with Crippen molar-refractivity contribution in [2.45, 2.75) is 38.7 Å². The van der Waals surface area contributed by atoms with Crippen molar-refractivity contribution in [1.82, 2.24) is 0 Å². The molecule has 0 aliphatic rings. The molecule has 0 spiro atoms. The van der Waals surface area contributed by atoms with Crippen LogP contribution in [-0.2, 0) is 14.3 Å². The van der Waals surface area contributed by atoms with Crippen molar-refractivity contribution in [2.75, 3.05) is 13.4 Å². The van der Waals surface area contributed by atoms with Gasteiger partial charge in [-0.15, -0.1) is 0 Å². The van der Waals surface area contributed by atoms with Crippen molar-refractivity contribution < 1.29 is 14.3 Å². The second-order valence-electron chi connectivity index (χ2n) is 4.34. The van der Waals surface area contributed by atoms with Crippen LogP contribution in [0.25, 0.3) is 0 Å². The molecule has 0 bridgehead atoms. The largest absolute Gasteiger partial charge is 0.356 e. The second-order valence-corrected chi connectivity index (χ2v) is 9.97. The van der Waals surface area contributed by atoms with Gasteiger partial charge in [0.15, 0.2) is 0 Å². The Hall–Kier alpha value is -0.193. The van der Waals surface area contributed by atoms with Crippen LogP contribution in [0.3, 0.4) is 0 Å². The van der Waals surface area contributed by atoms with Gasteiger partial charge >= 0.3 is 0 Å². The molecule has 13 heavy (non-hydrogen) atoms. The Morgan fingerprint density at radius 2 is 2.00 bits per heavy atom. The average molecular weight is 204 g/mol. The number of carbonyl (C=O) groups is 1. The molecule has 0 aliphatic heterocycles. The van der Waals surface area contributed by atoms with E-state index in [4.69, 9.17) is 9.47 Å². The van der Waals surface area contributed by atoms with Gasteiger partial charge in [0.1, 0.15) is 19.2 Å². The molecule has 0 aromatic heterocycles. The molecule has 0 aromatic rings. The molecule has 0 saturated carbocycles. The van der Waals surface area contributed by atoms with Crippen LogP contribution in [-0.4, -0.2) is 33.9 Å². The van der Waals surface area contributed by atoms with Gasteiger partial charge in [-0.05, 0) is 13.0 Å². The summed E-state index contributed by atoms with van der Waals surface area (Å²) in [6.07, 6.45) is 0.411. The first kappa shape index (κ1) is 12.8. The molecule has 0 aliphatic carbocycles. The maximum absolute atomic E-state index is 10.2. The van der Waals surface area contributed by atoms with Crippen molar-refractivity contribution in [2.24, 2.45) is 0 Å². The van der Waals surface area contributed by atoms with Crippen LogP contribution in [0.1, 0.15) is 6.92 Å². The highest BCUT2D eigenvalue weighted by Crippen LogP contribution is 2.07. The van der Waals surface area contributed by atoms with Gasteiger partial charge in [-0.3, -0.25) is 0 Å². The van der Waals surface area contributed by atoms with Gasteiger partial charge in [0.25, 0.3) is 0 Å². The molecule has 0 aromatic carbocycles. The first-order chi connectivity index (χ1) is 5.95. The predicted octanol–water partition coefficient (Wildman–Crippen LogP) is 1.90. The summed E-state index contributed by atoms with van der Waals surface area (Å²) in [5.41, 5.74) is 0. The average Bonchev–Trinajstić information content (AvgIpc) is 2.01. The van der Waals surface area contributed by atoms with E-state index in [1.54, 1.807) is 6.92 Å². The highest BCUT2D eigenvalue weighted by Gasteiger charge is 2.11. The topological polar surface area (TPSA) is 35.5 Å². The lowest BCUT2D eigenvalue weighted by atomic mass is 10.5. The Labute approximate surface area is 81.4 Å². The van der Waals surface area contributed by atoms with E-state index in [1.165, 1.54) is 0 Å². The molecular weight excluding hydrogens is 184 g/mol. The summed E-state index contributed by atoms with van der Waals surface area (Å²) >= 11 is 0. The summed E-state index contributed by atoms with van der Waals surface area (Å²) in [7, 11) is -0.993. The summed E-state index contributed by atoms with van der Waals surface area (Å²) < 4.78 is 10.3. The number of hydrogen-bond acceptors (Lipinski definition) is 3. The first-order valence-corrected chi connectivity index (χ1v) is 8.31. The van der Waals surface area contributed by atoms with Crippen LogP contribution in [0.15, 0.2) is 0 Å². The Bertz CT molecular complexity index is 142. The third kappa shape index (κ3) is 9.72. The van der Waals surface area contributed by atoms with E-state index in [0.29, 0.717) is 0 Å². The highest BCUT2D eigenvalue weighted by atomic mass is 28.3. The van der Waals surface area contributed by atoms with Crippen LogP contribution in [0.2, 0.25) is 25.7 Å². The van der Waals surface area contributed by atoms with Crippen molar-refractivity contribution in [1.29, 1.82) is 0 Å². The molecule has 1 atom stereocenters. The maximum Gasteiger partial charge on any atom is 0.148 e. The van der Waals surface area contributed by atoms with Crippen LogP contribution in [0.5, 0.6) is 0 Å². The molecule has 0 N–H and O–H groups in total. The monoisotopic (exact) mass is 204 g/mol. The van der Waals surface area contributed by atoms with Crippen LogP contribution in [0, 0.1) is 0 Å². The van der Waals surface area contributed by atoms with Crippen molar-refractivity contribution in [3.63, 3.8) is 0 Å². The Morgan fingerprint density at radius 3 is 2.46 bits per heavy atom. The summed E-state index contributed by atoms with van der Waals surface area (Å²) in [6.45, 7) is 9.56. The van der Waals surface area contributed by atoms with E-state index in [9.17, 15) is 4.79 Å². The summed E-state index contributed by atoms with van der Waals surface area (Å²) in [5, 5.41) is 0. The molecule has 0 unspecified atom stereocenters. The molecule has 0 amide bonds. The van der Waals surface area contributed by atoms with Gasteiger partial charge in [0.2, 0.25) is 0 Å². The second kappa shape index (κ2) is 6.29. The van der Waals surface area contributed by atoms with Gasteiger partial charge in [0, 0.05) is 14.7 Å². The number of aldehydes is 1. The van der Waals surface area contributed by atoms with Crippen LogP contribution in [0.4, 0.5) is 0 Å². The lowest BCUT2D eigenvalue weighted by molar-refractivity contribution is -0.127. The predicted molar refractivity (Wildman–Crippen MR) is 55.6 cm³/mol. The van der Waals surface area contributed by atoms with E-state index >= 15 is 0 Å².